The first kappa shape index (κ1) is 23.2. The Balaban J connectivity index is 1.59. The minimum Gasteiger partial charge on any atom is -0.406 e. The third-order valence-corrected chi connectivity index (χ3v) is 5.35. The fourth-order valence-electron chi connectivity index (χ4n) is 3.71. The molecule has 1 fully saturated rings. The second-order valence-corrected chi connectivity index (χ2v) is 8.12. The second kappa shape index (κ2) is 9.92. The molecule has 1 saturated heterocycles. The summed E-state index contributed by atoms with van der Waals surface area (Å²) in [6, 6.07) is 5.78. The van der Waals surface area contributed by atoms with Gasteiger partial charge in [0, 0.05) is 31.2 Å². The standard InChI is InChI=1S/C22H27F3N6O2/c1-15(2)31-14-27-18-20(26-7-4-8-30-9-11-32-12-10-30)28-19(29-21(18)31)16-5-3-6-17(13-16)33-22(23,24)25/h3,5-6,13-15H,4,7-12H2,1-2H3,(H,26,28,29). The number of fused-ring (bicyclic) bond motifs is 1. The van der Waals surface area contributed by atoms with Gasteiger partial charge in [0.05, 0.1) is 19.5 Å². The maximum atomic E-state index is 12.7. The molecular formula is C22H27F3N6O2. The number of hydrogen-bond donors (Lipinski definition) is 1. The van der Waals surface area contributed by atoms with Crippen LogP contribution in [-0.2, 0) is 4.74 Å². The van der Waals surface area contributed by atoms with E-state index in [1.165, 1.54) is 18.2 Å². The van der Waals surface area contributed by atoms with Gasteiger partial charge in [0.1, 0.15) is 11.3 Å². The molecule has 3 heterocycles. The summed E-state index contributed by atoms with van der Waals surface area (Å²) < 4.78 is 49.4. The summed E-state index contributed by atoms with van der Waals surface area (Å²) in [5.41, 5.74) is 1.67. The number of rotatable bonds is 8. The molecule has 0 spiro atoms. The van der Waals surface area contributed by atoms with E-state index in [1.807, 2.05) is 18.4 Å². The molecule has 0 unspecified atom stereocenters. The number of benzene rings is 1. The van der Waals surface area contributed by atoms with Gasteiger partial charge in [-0.3, -0.25) is 4.90 Å². The lowest BCUT2D eigenvalue weighted by atomic mass is 10.2. The zero-order valence-corrected chi connectivity index (χ0v) is 18.6. The van der Waals surface area contributed by atoms with E-state index in [-0.39, 0.29) is 11.8 Å². The predicted octanol–water partition coefficient (Wildman–Crippen LogP) is 4.11. The van der Waals surface area contributed by atoms with Crippen LogP contribution in [0.2, 0.25) is 0 Å². The number of anilines is 1. The average molecular weight is 464 g/mol. The number of imidazole rings is 1. The molecule has 33 heavy (non-hydrogen) atoms. The van der Waals surface area contributed by atoms with Crippen molar-refractivity contribution in [1.82, 2.24) is 24.4 Å². The molecule has 0 amide bonds. The van der Waals surface area contributed by atoms with Crippen LogP contribution in [-0.4, -0.2) is 70.2 Å². The van der Waals surface area contributed by atoms with Gasteiger partial charge in [-0.1, -0.05) is 12.1 Å². The molecule has 1 aliphatic rings. The van der Waals surface area contributed by atoms with Gasteiger partial charge in [-0.25, -0.2) is 15.0 Å². The van der Waals surface area contributed by atoms with Gasteiger partial charge in [0.15, 0.2) is 17.3 Å². The Bertz CT molecular complexity index is 1080. The highest BCUT2D eigenvalue weighted by atomic mass is 19.4. The molecule has 1 aromatic carbocycles. The third-order valence-electron chi connectivity index (χ3n) is 5.35. The lowest BCUT2D eigenvalue weighted by Gasteiger charge is -2.26. The summed E-state index contributed by atoms with van der Waals surface area (Å²) in [7, 11) is 0. The molecular weight excluding hydrogens is 437 g/mol. The molecule has 4 rings (SSSR count). The van der Waals surface area contributed by atoms with Gasteiger partial charge in [0.25, 0.3) is 0 Å². The molecule has 178 valence electrons. The van der Waals surface area contributed by atoms with Gasteiger partial charge in [-0.2, -0.15) is 0 Å². The molecule has 11 heteroatoms. The van der Waals surface area contributed by atoms with Crippen molar-refractivity contribution in [2.75, 3.05) is 44.7 Å². The molecule has 0 radical (unpaired) electrons. The van der Waals surface area contributed by atoms with Crippen LogP contribution in [0.5, 0.6) is 5.75 Å². The molecule has 1 aliphatic heterocycles. The zero-order valence-electron chi connectivity index (χ0n) is 18.6. The van der Waals surface area contributed by atoms with Crippen molar-refractivity contribution in [1.29, 1.82) is 0 Å². The molecule has 0 aliphatic carbocycles. The lowest BCUT2D eigenvalue weighted by Crippen LogP contribution is -2.37. The number of ether oxygens (including phenoxy) is 2. The van der Waals surface area contributed by atoms with Crippen molar-refractivity contribution in [3.8, 4) is 17.1 Å². The SMILES string of the molecule is CC(C)n1cnc2c(NCCCN3CCOCC3)nc(-c3cccc(OC(F)(F)F)c3)nc21. The van der Waals surface area contributed by atoms with Crippen LogP contribution in [0.3, 0.4) is 0 Å². The van der Waals surface area contributed by atoms with Crippen LogP contribution >= 0.6 is 0 Å². The summed E-state index contributed by atoms with van der Waals surface area (Å²) in [6.07, 6.45) is -2.16. The summed E-state index contributed by atoms with van der Waals surface area (Å²) in [4.78, 5) is 16.1. The number of halogens is 3. The number of nitrogens with one attached hydrogen (secondary N) is 1. The lowest BCUT2D eigenvalue weighted by molar-refractivity contribution is -0.274. The quantitative estimate of drug-likeness (QED) is 0.503. The monoisotopic (exact) mass is 464 g/mol. The zero-order chi connectivity index (χ0) is 23.4. The fraction of sp³-hybridized carbons (Fsp3) is 0.500. The van der Waals surface area contributed by atoms with E-state index >= 15 is 0 Å². The first-order valence-corrected chi connectivity index (χ1v) is 10.9. The minimum absolute atomic E-state index is 0.104. The minimum atomic E-state index is -4.77. The highest BCUT2D eigenvalue weighted by molar-refractivity contribution is 5.85. The van der Waals surface area contributed by atoms with Gasteiger partial charge in [0.2, 0.25) is 0 Å². The molecule has 0 bridgehead atoms. The van der Waals surface area contributed by atoms with E-state index in [4.69, 9.17) is 4.74 Å². The van der Waals surface area contributed by atoms with Gasteiger partial charge in [-0.15, -0.1) is 13.2 Å². The molecule has 1 N–H and O–H groups in total. The Labute approximate surface area is 189 Å². The van der Waals surface area contributed by atoms with Crippen LogP contribution in [0.1, 0.15) is 26.3 Å². The molecule has 2 aromatic heterocycles. The highest BCUT2D eigenvalue weighted by Gasteiger charge is 2.31. The average Bonchev–Trinajstić information content (AvgIpc) is 3.21. The molecule has 8 nitrogen and oxygen atoms in total. The topological polar surface area (TPSA) is 77.3 Å². The van der Waals surface area contributed by atoms with Crippen molar-refractivity contribution in [2.24, 2.45) is 0 Å². The van der Waals surface area contributed by atoms with Gasteiger partial charge >= 0.3 is 6.36 Å². The number of aromatic nitrogens is 4. The molecule has 0 saturated carbocycles. The second-order valence-electron chi connectivity index (χ2n) is 8.12. The van der Waals surface area contributed by atoms with Crippen molar-refractivity contribution in [3.05, 3.63) is 30.6 Å². The van der Waals surface area contributed by atoms with Gasteiger partial charge < -0.3 is 19.4 Å². The Hall–Kier alpha value is -2.92. The fourth-order valence-corrected chi connectivity index (χ4v) is 3.71. The van der Waals surface area contributed by atoms with E-state index in [9.17, 15) is 13.2 Å². The molecule has 3 aromatic rings. The van der Waals surface area contributed by atoms with Crippen LogP contribution < -0.4 is 10.1 Å². The maximum absolute atomic E-state index is 12.7. The van der Waals surface area contributed by atoms with E-state index < -0.39 is 6.36 Å². The van der Waals surface area contributed by atoms with Crippen LogP contribution in [0, 0.1) is 0 Å². The molecule has 0 atom stereocenters. The summed E-state index contributed by atoms with van der Waals surface area (Å²) in [6.45, 7) is 9.00. The van der Waals surface area contributed by atoms with Crippen LogP contribution in [0.4, 0.5) is 19.0 Å². The highest BCUT2D eigenvalue weighted by Crippen LogP contribution is 2.29. The number of nitrogens with zero attached hydrogens (tertiary/aromatic N) is 5. The first-order valence-electron chi connectivity index (χ1n) is 10.9. The Kier molecular flexibility index (Phi) is 6.99. The van der Waals surface area contributed by atoms with Crippen LogP contribution in [0.15, 0.2) is 30.6 Å². The number of hydrogen-bond acceptors (Lipinski definition) is 7. The number of morpholine rings is 1. The predicted molar refractivity (Wildman–Crippen MR) is 118 cm³/mol. The third kappa shape index (κ3) is 5.91. The summed E-state index contributed by atoms with van der Waals surface area (Å²) >= 11 is 0. The van der Waals surface area contributed by atoms with Gasteiger partial charge in [-0.05, 0) is 38.9 Å². The smallest absolute Gasteiger partial charge is 0.406 e. The Morgan fingerprint density at radius 1 is 1.18 bits per heavy atom. The largest absolute Gasteiger partial charge is 0.573 e. The number of alkyl halides is 3. The summed E-state index contributed by atoms with van der Waals surface area (Å²) in [5.74, 6) is 0.535. The normalized spacial score (nSPS) is 15.3. The van der Waals surface area contributed by atoms with Crippen molar-refractivity contribution in [2.45, 2.75) is 32.7 Å². The Morgan fingerprint density at radius 3 is 2.70 bits per heavy atom. The first-order chi connectivity index (χ1) is 15.8. The van der Waals surface area contributed by atoms with E-state index in [2.05, 4.69) is 29.9 Å². The van der Waals surface area contributed by atoms with Crippen molar-refractivity contribution in [3.63, 3.8) is 0 Å². The van der Waals surface area contributed by atoms with Crippen molar-refractivity contribution >= 4 is 17.0 Å². The van der Waals surface area contributed by atoms with E-state index in [1.54, 1.807) is 12.4 Å². The van der Waals surface area contributed by atoms with Crippen LogP contribution in [0.25, 0.3) is 22.6 Å². The van der Waals surface area contributed by atoms with E-state index in [0.717, 1.165) is 39.3 Å². The van der Waals surface area contributed by atoms with E-state index in [0.29, 0.717) is 34.9 Å². The maximum Gasteiger partial charge on any atom is 0.573 e. The van der Waals surface area contributed by atoms with Crippen molar-refractivity contribution < 1.29 is 22.6 Å². The Morgan fingerprint density at radius 2 is 1.97 bits per heavy atom. The summed E-state index contributed by atoms with van der Waals surface area (Å²) in [5, 5.41) is 3.35.